The van der Waals surface area contributed by atoms with Gasteiger partial charge >= 0.3 is 5.51 Å². The van der Waals surface area contributed by atoms with E-state index in [0.717, 1.165) is 0 Å². The minimum Gasteiger partial charge on any atom is -0.325 e. The third-order valence-corrected chi connectivity index (χ3v) is 2.85. The van der Waals surface area contributed by atoms with Crippen LogP contribution < -0.4 is 11.1 Å². The van der Waals surface area contributed by atoms with Crippen molar-refractivity contribution in [2.24, 2.45) is 5.73 Å². The minimum absolute atomic E-state index is 0.0564. The van der Waals surface area contributed by atoms with Gasteiger partial charge in [-0.2, -0.15) is 13.2 Å². The highest BCUT2D eigenvalue weighted by Crippen LogP contribution is 2.36. The zero-order chi connectivity index (χ0) is 14.5. The lowest BCUT2D eigenvalue weighted by Crippen LogP contribution is -2.35. The Morgan fingerprint density at radius 1 is 1.42 bits per heavy atom. The molecule has 0 aliphatic carbocycles. The number of hydrogen-bond donors (Lipinski definition) is 2. The minimum atomic E-state index is -4.32. The summed E-state index contributed by atoms with van der Waals surface area (Å²) < 4.78 is 36.3. The van der Waals surface area contributed by atoms with E-state index in [1.54, 1.807) is 0 Å². The molecule has 1 rings (SSSR count). The Morgan fingerprint density at radius 3 is 2.47 bits per heavy atom. The number of anilines is 1. The largest absolute Gasteiger partial charge is 0.446 e. The smallest absolute Gasteiger partial charge is 0.325 e. The standard InChI is InChI=1S/C12H13F3N2OS/c1-2-3-10(16)11(18)17-8-4-6-9(7-5-8)19-12(13,14)15/h2,4-7,10H,1,3,16H2,(H,17,18). The molecule has 1 aromatic carbocycles. The van der Waals surface area contributed by atoms with E-state index in [0.29, 0.717) is 12.1 Å². The van der Waals surface area contributed by atoms with E-state index in [1.807, 2.05) is 0 Å². The summed E-state index contributed by atoms with van der Waals surface area (Å²) in [5, 5.41) is 2.51. The van der Waals surface area contributed by atoms with Crippen molar-refractivity contribution in [3.05, 3.63) is 36.9 Å². The molecule has 0 saturated carbocycles. The van der Waals surface area contributed by atoms with Crippen molar-refractivity contribution >= 4 is 23.4 Å². The van der Waals surface area contributed by atoms with Gasteiger partial charge in [-0.1, -0.05) is 6.08 Å². The fraction of sp³-hybridized carbons (Fsp3) is 0.250. The summed E-state index contributed by atoms with van der Waals surface area (Å²) in [6, 6.07) is 4.64. The van der Waals surface area contributed by atoms with Crippen LogP contribution in [-0.4, -0.2) is 17.5 Å². The van der Waals surface area contributed by atoms with Crippen LogP contribution >= 0.6 is 11.8 Å². The Hall–Kier alpha value is -1.47. The van der Waals surface area contributed by atoms with Gasteiger partial charge in [0.15, 0.2) is 0 Å². The first-order chi connectivity index (χ1) is 8.81. The topological polar surface area (TPSA) is 55.1 Å². The van der Waals surface area contributed by atoms with Gasteiger partial charge in [-0.05, 0) is 42.4 Å². The van der Waals surface area contributed by atoms with E-state index in [1.165, 1.54) is 30.3 Å². The summed E-state index contributed by atoms with van der Waals surface area (Å²) in [7, 11) is 0. The normalized spacial score (nSPS) is 12.8. The van der Waals surface area contributed by atoms with E-state index in [2.05, 4.69) is 11.9 Å². The van der Waals surface area contributed by atoms with Crippen molar-refractivity contribution in [2.75, 3.05) is 5.32 Å². The van der Waals surface area contributed by atoms with Crippen LogP contribution in [0, 0.1) is 0 Å². The average molecular weight is 290 g/mol. The summed E-state index contributed by atoms with van der Waals surface area (Å²) in [5.41, 5.74) is 1.63. The van der Waals surface area contributed by atoms with Crippen LogP contribution in [0.2, 0.25) is 0 Å². The molecule has 3 nitrogen and oxygen atoms in total. The quantitative estimate of drug-likeness (QED) is 0.647. The molecular formula is C12H13F3N2OS. The molecule has 0 heterocycles. The fourth-order valence-corrected chi connectivity index (χ4v) is 1.80. The Balaban J connectivity index is 2.62. The van der Waals surface area contributed by atoms with Crippen molar-refractivity contribution in [2.45, 2.75) is 22.9 Å². The average Bonchev–Trinajstić information content (AvgIpc) is 2.30. The molecule has 1 aromatic rings. The number of halogens is 3. The van der Waals surface area contributed by atoms with Crippen LogP contribution in [0.1, 0.15) is 6.42 Å². The first-order valence-corrected chi connectivity index (χ1v) is 6.16. The molecule has 0 aliphatic heterocycles. The third kappa shape index (κ3) is 5.80. The maximum atomic E-state index is 12.1. The van der Waals surface area contributed by atoms with Gasteiger partial charge in [-0.25, -0.2) is 0 Å². The Labute approximate surface area is 113 Å². The Bertz CT molecular complexity index is 445. The van der Waals surface area contributed by atoms with E-state index in [-0.39, 0.29) is 16.7 Å². The zero-order valence-electron chi connectivity index (χ0n) is 9.91. The predicted octanol–water partition coefficient (Wildman–Crippen LogP) is 3.14. The molecule has 1 unspecified atom stereocenters. The molecule has 0 aromatic heterocycles. The third-order valence-electron chi connectivity index (χ3n) is 2.11. The lowest BCUT2D eigenvalue weighted by atomic mass is 10.2. The highest BCUT2D eigenvalue weighted by molar-refractivity contribution is 8.00. The second-order valence-corrected chi connectivity index (χ2v) is 4.83. The van der Waals surface area contributed by atoms with E-state index in [9.17, 15) is 18.0 Å². The van der Waals surface area contributed by atoms with Crippen LogP contribution in [0.25, 0.3) is 0 Å². The van der Waals surface area contributed by atoms with Gasteiger partial charge in [-0.3, -0.25) is 4.79 Å². The predicted molar refractivity (Wildman–Crippen MR) is 69.8 cm³/mol. The van der Waals surface area contributed by atoms with Gasteiger partial charge in [0.2, 0.25) is 5.91 Å². The number of alkyl halides is 3. The molecule has 3 N–H and O–H groups in total. The monoisotopic (exact) mass is 290 g/mol. The van der Waals surface area contributed by atoms with E-state index < -0.39 is 17.5 Å². The fourth-order valence-electron chi connectivity index (χ4n) is 1.26. The lowest BCUT2D eigenvalue weighted by molar-refractivity contribution is -0.117. The van der Waals surface area contributed by atoms with E-state index in [4.69, 9.17) is 5.73 Å². The summed E-state index contributed by atoms with van der Waals surface area (Å²) >= 11 is -0.208. The van der Waals surface area contributed by atoms with Crippen molar-refractivity contribution in [1.29, 1.82) is 0 Å². The van der Waals surface area contributed by atoms with Crippen LogP contribution in [0.5, 0.6) is 0 Å². The van der Waals surface area contributed by atoms with Crippen molar-refractivity contribution in [1.82, 2.24) is 0 Å². The first-order valence-electron chi connectivity index (χ1n) is 5.35. The van der Waals surface area contributed by atoms with Gasteiger partial charge in [0.25, 0.3) is 0 Å². The highest BCUT2D eigenvalue weighted by atomic mass is 32.2. The second kappa shape index (κ2) is 6.63. The van der Waals surface area contributed by atoms with Crippen LogP contribution in [0.15, 0.2) is 41.8 Å². The van der Waals surface area contributed by atoms with Crippen molar-refractivity contribution in [3.8, 4) is 0 Å². The van der Waals surface area contributed by atoms with Gasteiger partial charge in [0, 0.05) is 10.6 Å². The molecule has 0 fully saturated rings. The molecule has 0 saturated heterocycles. The molecule has 1 atom stereocenters. The van der Waals surface area contributed by atoms with Crippen LogP contribution in [-0.2, 0) is 4.79 Å². The van der Waals surface area contributed by atoms with Crippen molar-refractivity contribution < 1.29 is 18.0 Å². The molecule has 0 bridgehead atoms. The summed E-state index contributed by atoms with van der Waals surface area (Å²) in [4.78, 5) is 11.6. The number of carbonyl (C=O) groups excluding carboxylic acids is 1. The van der Waals surface area contributed by atoms with Crippen LogP contribution in [0.3, 0.4) is 0 Å². The van der Waals surface area contributed by atoms with Crippen molar-refractivity contribution in [3.63, 3.8) is 0 Å². The number of amides is 1. The molecule has 7 heteroatoms. The number of thioether (sulfide) groups is 1. The molecule has 19 heavy (non-hydrogen) atoms. The van der Waals surface area contributed by atoms with Crippen LogP contribution in [0.4, 0.5) is 18.9 Å². The molecule has 104 valence electrons. The Kier molecular flexibility index (Phi) is 5.44. The van der Waals surface area contributed by atoms with Gasteiger partial charge < -0.3 is 11.1 Å². The zero-order valence-corrected chi connectivity index (χ0v) is 10.7. The second-order valence-electron chi connectivity index (χ2n) is 3.69. The maximum absolute atomic E-state index is 12.1. The number of carbonyl (C=O) groups is 1. The SMILES string of the molecule is C=CCC(N)C(=O)Nc1ccc(SC(F)(F)F)cc1. The number of benzene rings is 1. The highest BCUT2D eigenvalue weighted by Gasteiger charge is 2.29. The molecule has 0 aliphatic rings. The molecule has 0 radical (unpaired) electrons. The lowest BCUT2D eigenvalue weighted by Gasteiger charge is -2.11. The van der Waals surface area contributed by atoms with Gasteiger partial charge in [-0.15, -0.1) is 6.58 Å². The number of nitrogens with one attached hydrogen (secondary N) is 1. The molecular weight excluding hydrogens is 277 g/mol. The van der Waals surface area contributed by atoms with E-state index >= 15 is 0 Å². The first kappa shape index (κ1) is 15.6. The molecule has 0 spiro atoms. The number of nitrogens with two attached hydrogens (primary N) is 1. The summed E-state index contributed by atoms with van der Waals surface area (Å²) in [6.45, 7) is 3.47. The number of hydrogen-bond acceptors (Lipinski definition) is 3. The molecule has 1 amide bonds. The maximum Gasteiger partial charge on any atom is 0.446 e. The van der Waals surface area contributed by atoms with Gasteiger partial charge in [0.05, 0.1) is 6.04 Å². The summed E-state index contributed by atoms with van der Waals surface area (Å²) in [5.74, 6) is -0.406. The summed E-state index contributed by atoms with van der Waals surface area (Å²) in [6.07, 6.45) is 1.85. The Morgan fingerprint density at radius 2 is 2.00 bits per heavy atom. The number of rotatable bonds is 5. The van der Waals surface area contributed by atoms with Gasteiger partial charge in [0.1, 0.15) is 0 Å².